The molecule has 0 aliphatic heterocycles. The Kier molecular flexibility index (Phi) is 6.54. The van der Waals surface area contributed by atoms with Gasteiger partial charge in [0.15, 0.2) is 0 Å². The minimum absolute atomic E-state index is 0.168. The molecule has 2 aromatic rings. The first-order valence-corrected chi connectivity index (χ1v) is 9.48. The van der Waals surface area contributed by atoms with Crippen molar-refractivity contribution in [2.24, 2.45) is 0 Å². The molecule has 1 unspecified atom stereocenters. The Bertz CT molecular complexity index is 724. The molecular formula is C19H24O4S. The van der Waals surface area contributed by atoms with E-state index in [4.69, 9.17) is 8.92 Å². The van der Waals surface area contributed by atoms with Crippen molar-refractivity contribution in [3.05, 3.63) is 65.7 Å². The van der Waals surface area contributed by atoms with Crippen molar-refractivity contribution in [3.8, 4) is 0 Å². The molecule has 0 aliphatic rings. The van der Waals surface area contributed by atoms with E-state index < -0.39 is 16.2 Å². The van der Waals surface area contributed by atoms with Crippen molar-refractivity contribution in [3.63, 3.8) is 0 Å². The second-order valence-corrected chi connectivity index (χ2v) is 7.38. The lowest BCUT2D eigenvalue weighted by molar-refractivity contribution is -0.0226. The molecule has 0 fully saturated rings. The molecule has 0 spiro atoms. The Morgan fingerprint density at radius 3 is 2.21 bits per heavy atom. The quantitative estimate of drug-likeness (QED) is 0.675. The van der Waals surface area contributed by atoms with Crippen LogP contribution in [0.1, 0.15) is 31.4 Å². The molecule has 4 nitrogen and oxygen atoms in total. The lowest BCUT2D eigenvalue weighted by atomic mass is 10.2. The third-order valence-electron chi connectivity index (χ3n) is 3.84. The summed E-state index contributed by atoms with van der Waals surface area (Å²) in [5, 5.41) is 0. The second-order valence-electron chi connectivity index (χ2n) is 5.81. The molecule has 0 radical (unpaired) electrons. The van der Waals surface area contributed by atoms with Crippen molar-refractivity contribution in [1.82, 2.24) is 0 Å². The van der Waals surface area contributed by atoms with E-state index in [1.165, 1.54) is 0 Å². The SMILES string of the molecule is CCC(OS(=O)(=O)c1ccc(C)cc1)[C@@H](C)OCc1ccccc1. The molecule has 0 aromatic heterocycles. The summed E-state index contributed by atoms with van der Waals surface area (Å²) in [4.78, 5) is 0.168. The van der Waals surface area contributed by atoms with E-state index in [0.29, 0.717) is 13.0 Å². The van der Waals surface area contributed by atoms with Gasteiger partial charge in [-0.15, -0.1) is 0 Å². The molecule has 24 heavy (non-hydrogen) atoms. The van der Waals surface area contributed by atoms with Gasteiger partial charge in [0.05, 0.1) is 17.6 Å². The molecule has 0 saturated heterocycles. The summed E-state index contributed by atoms with van der Waals surface area (Å²) in [5.74, 6) is 0. The van der Waals surface area contributed by atoms with Crippen LogP contribution in [-0.2, 0) is 25.6 Å². The number of rotatable bonds is 8. The minimum atomic E-state index is -3.80. The topological polar surface area (TPSA) is 52.6 Å². The van der Waals surface area contributed by atoms with Crippen LogP contribution in [0.3, 0.4) is 0 Å². The fraction of sp³-hybridized carbons (Fsp3) is 0.368. The number of benzene rings is 2. The number of aryl methyl sites for hydroxylation is 1. The van der Waals surface area contributed by atoms with Gasteiger partial charge in [0, 0.05) is 0 Å². The number of ether oxygens (including phenoxy) is 1. The molecule has 0 N–H and O–H groups in total. The van der Waals surface area contributed by atoms with Crippen LogP contribution in [0.2, 0.25) is 0 Å². The highest BCUT2D eigenvalue weighted by molar-refractivity contribution is 7.86. The first kappa shape index (κ1) is 18.6. The molecule has 2 aromatic carbocycles. The minimum Gasteiger partial charge on any atom is -0.371 e. The first-order valence-electron chi connectivity index (χ1n) is 8.08. The highest BCUT2D eigenvalue weighted by atomic mass is 32.2. The Labute approximate surface area is 144 Å². The van der Waals surface area contributed by atoms with E-state index >= 15 is 0 Å². The van der Waals surface area contributed by atoms with E-state index in [0.717, 1.165) is 11.1 Å². The molecule has 0 saturated carbocycles. The summed E-state index contributed by atoms with van der Waals surface area (Å²) < 4.78 is 36.0. The Morgan fingerprint density at radius 2 is 1.62 bits per heavy atom. The smallest absolute Gasteiger partial charge is 0.297 e. The van der Waals surface area contributed by atoms with E-state index in [9.17, 15) is 8.42 Å². The highest BCUT2D eigenvalue weighted by Gasteiger charge is 2.25. The summed E-state index contributed by atoms with van der Waals surface area (Å²) in [6.07, 6.45) is -0.323. The van der Waals surface area contributed by atoms with Gasteiger partial charge in [-0.05, 0) is 38.0 Å². The predicted octanol–water partition coefficient (Wildman–Crippen LogP) is 4.08. The van der Waals surface area contributed by atoms with Crippen molar-refractivity contribution in [2.45, 2.75) is 50.9 Å². The third kappa shape index (κ3) is 5.16. The van der Waals surface area contributed by atoms with Crippen LogP contribution < -0.4 is 0 Å². The lowest BCUT2D eigenvalue weighted by Crippen LogP contribution is -2.31. The van der Waals surface area contributed by atoms with Crippen LogP contribution in [0.25, 0.3) is 0 Å². The maximum Gasteiger partial charge on any atom is 0.297 e. The van der Waals surface area contributed by atoms with Crippen LogP contribution in [-0.4, -0.2) is 20.6 Å². The molecule has 130 valence electrons. The normalized spacial score (nSPS) is 14.3. The van der Waals surface area contributed by atoms with E-state index in [1.807, 2.05) is 51.1 Å². The molecule has 0 heterocycles. The average Bonchev–Trinajstić information content (AvgIpc) is 2.59. The van der Waals surface area contributed by atoms with Crippen molar-refractivity contribution in [2.75, 3.05) is 0 Å². The van der Waals surface area contributed by atoms with Crippen molar-refractivity contribution in [1.29, 1.82) is 0 Å². The van der Waals surface area contributed by atoms with Gasteiger partial charge in [-0.3, -0.25) is 4.18 Å². The average molecular weight is 348 g/mol. The summed E-state index contributed by atoms with van der Waals surface area (Å²) >= 11 is 0. The third-order valence-corrected chi connectivity index (χ3v) is 5.19. The number of hydrogen-bond donors (Lipinski definition) is 0. The zero-order chi connectivity index (χ0) is 17.6. The predicted molar refractivity (Wildman–Crippen MR) is 94.2 cm³/mol. The van der Waals surface area contributed by atoms with Crippen molar-refractivity contribution < 1.29 is 17.3 Å². The van der Waals surface area contributed by atoms with Gasteiger partial charge in [-0.25, -0.2) is 0 Å². The Morgan fingerprint density at radius 1 is 1.00 bits per heavy atom. The summed E-state index contributed by atoms with van der Waals surface area (Å²) in [6, 6.07) is 16.4. The monoisotopic (exact) mass is 348 g/mol. The van der Waals surface area contributed by atoms with Crippen LogP contribution in [0.15, 0.2) is 59.5 Å². The zero-order valence-corrected chi connectivity index (χ0v) is 15.1. The maximum absolute atomic E-state index is 12.4. The Balaban J connectivity index is 2.00. The van der Waals surface area contributed by atoms with Gasteiger partial charge in [0.25, 0.3) is 10.1 Å². The lowest BCUT2D eigenvalue weighted by Gasteiger charge is -2.23. The zero-order valence-electron chi connectivity index (χ0n) is 14.3. The largest absolute Gasteiger partial charge is 0.371 e. The van der Waals surface area contributed by atoms with E-state index in [1.54, 1.807) is 24.3 Å². The van der Waals surface area contributed by atoms with Gasteiger partial charge >= 0.3 is 0 Å². The first-order chi connectivity index (χ1) is 11.4. The van der Waals surface area contributed by atoms with E-state index in [2.05, 4.69) is 0 Å². The summed E-state index contributed by atoms with van der Waals surface area (Å²) in [7, 11) is -3.80. The number of hydrogen-bond acceptors (Lipinski definition) is 4. The van der Waals surface area contributed by atoms with Crippen LogP contribution >= 0.6 is 0 Å². The fourth-order valence-electron chi connectivity index (χ4n) is 2.31. The van der Waals surface area contributed by atoms with Crippen LogP contribution in [0.5, 0.6) is 0 Å². The van der Waals surface area contributed by atoms with Crippen LogP contribution in [0.4, 0.5) is 0 Å². The molecule has 0 amide bonds. The molecule has 2 rings (SSSR count). The fourth-order valence-corrected chi connectivity index (χ4v) is 3.51. The van der Waals surface area contributed by atoms with Gasteiger partial charge in [-0.1, -0.05) is 55.0 Å². The van der Waals surface area contributed by atoms with Gasteiger partial charge in [-0.2, -0.15) is 8.42 Å². The molecular weight excluding hydrogens is 324 g/mol. The summed E-state index contributed by atoms with van der Waals surface area (Å²) in [5.41, 5.74) is 2.04. The molecule has 2 atom stereocenters. The van der Waals surface area contributed by atoms with E-state index in [-0.39, 0.29) is 11.0 Å². The molecule has 0 aliphatic carbocycles. The standard InChI is InChI=1S/C19H24O4S/c1-4-19(16(3)22-14-17-8-6-5-7-9-17)23-24(20,21)18-12-10-15(2)11-13-18/h5-13,16,19H,4,14H2,1-3H3/t16-,19?/m1/s1. The summed E-state index contributed by atoms with van der Waals surface area (Å²) in [6.45, 7) is 6.05. The van der Waals surface area contributed by atoms with Crippen molar-refractivity contribution >= 4 is 10.1 Å². The van der Waals surface area contributed by atoms with Crippen LogP contribution in [0, 0.1) is 6.92 Å². The van der Waals surface area contributed by atoms with Gasteiger partial charge in [0.2, 0.25) is 0 Å². The second kappa shape index (κ2) is 8.42. The van der Waals surface area contributed by atoms with Gasteiger partial charge in [0.1, 0.15) is 6.10 Å². The Hall–Kier alpha value is -1.69. The molecule has 0 bridgehead atoms. The molecule has 5 heteroatoms. The highest BCUT2D eigenvalue weighted by Crippen LogP contribution is 2.19. The maximum atomic E-state index is 12.4. The van der Waals surface area contributed by atoms with Gasteiger partial charge < -0.3 is 4.74 Å².